The number of nitriles is 1. The smallest absolute Gasteiger partial charge is 0.262 e. The summed E-state index contributed by atoms with van der Waals surface area (Å²) in [6.07, 6.45) is 1.57. The van der Waals surface area contributed by atoms with Crippen LogP contribution in [0.5, 0.6) is 5.75 Å². The molecule has 1 aromatic heterocycles. The molecule has 1 heterocycles. The Bertz CT molecular complexity index is 1120. The molecule has 2 aromatic carbocycles. The third kappa shape index (κ3) is 3.43. The van der Waals surface area contributed by atoms with Crippen molar-refractivity contribution in [3.05, 3.63) is 59.2 Å². The van der Waals surface area contributed by atoms with E-state index in [1.165, 1.54) is 24.3 Å². The fourth-order valence-electron chi connectivity index (χ4n) is 2.53. The van der Waals surface area contributed by atoms with Crippen LogP contribution in [0.3, 0.4) is 0 Å². The molecule has 0 aliphatic carbocycles. The van der Waals surface area contributed by atoms with Crippen LogP contribution < -0.4 is 9.46 Å². The van der Waals surface area contributed by atoms with Crippen molar-refractivity contribution in [3.63, 3.8) is 0 Å². The number of fused-ring (bicyclic) bond motifs is 1. The first kappa shape index (κ1) is 18.0. The Kier molecular flexibility index (Phi) is 4.98. The normalized spacial score (nSPS) is 11.1. The van der Waals surface area contributed by atoms with Crippen LogP contribution in [-0.4, -0.2) is 20.0 Å². The number of hydrogen-bond acceptors (Lipinski definition) is 5. The number of sulfonamides is 1. The largest absolute Gasteiger partial charge is 0.492 e. The Labute approximate surface area is 156 Å². The summed E-state index contributed by atoms with van der Waals surface area (Å²) >= 11 is 5.93. The summed E-state index contributed by atoms with van der Waals surface area (Å²) < 4.78 is 33.8. The summed E-state index contributed by atoms with van der Waals surface area (Å²) in [6, 6.07) is 12.6. The number of hydrogen-bond donors (Lipinski definition) is 1. The first-order valence-corrected chi connectivity index (χ1v) is 9.55. The van der Waals surface area contributed by atoms with Crippen molar-refractivity contribution >= 4 is 38.2 Å². The third-order valence-electron chi connectivity index (χ3n) is 3.63. The number of rotatable bonds is 5. The second kappa shape index (κ2) is 7.20. The summed E-state index contributed by atoms with van der Waals surface area (Å²) in [7, 11) is -3.98. The fourth-order valence-corrected chi connectivity index (χ4v) is 3.97. The van der Waals surface area contributed by atoms with E-state index in [0.29, 0.717) is 28.3 Å². The van der Waals surface area contributed by atoms with Gasteiger partial charge in [0.1, 0.15) is 17.3 Å². The second-order valence-electron chi connectivity index (χ2n) is 5.30. The maximum absolute atomic E-state index is 12.9. The van der Waals surface area contributed by atoms with Crippen LogP contribution in [0.4, 0.5) is 5.69 Å². The number of anilines is 1. The average molecular weight is 388 g/mol. The molecule has 26 heavy (non-hydrogen) atoms. The van der Waals surface area contributed by atoms with Gasteiger partial charge in [-0.3, -0.25) is 9.71 Å². The monoisotopic (exact) mass is 387 g/mol. The summed E-state index contributed by atoms with van der Waals surface area (Å²) in [6.45, 7) is 2.27. The fraction of sp³-hybridized carbons (Fsp3) is 0.111. The molecule has 0 atom stereocenters. The molecule has 1 N–H and O–H groups in total. The van der Waals surface area contributed by atoms with Crippen molar-refractivity contribution < 1.29 is 13.2 Å². The minimum Gasteiger partial charge on any atom is -0.492 e. The summed E-state index contributed by atoms with van der Waals surface area (Å²) in [4.78, 5) is 4.27. The van der Waals surface area contributed by atoms with Crippen molar-refractivity contribution in [1.82, 2.24) is 4.98 Å². The Hall–Kier alpha value is -2.82. The van der Waals surface area contributed by atoms with Gasteiger partial charge in [-0.15, -0.1) is 0 Å². The third-order valence-corrected chi connectivity index (χ3v) is 5.29. The van der Waals surface area contributed by atoms with Gasteiger partial charge in [0.15, 0.2) is 0 Å². The molecule has 0 aliphatic heterocycles. The van der Waals surface area contributed by atoms with E-state index in [1.54, 1.807) is 24.4 Å². The number of nitrogens with zero attached hydrogens (tertiary/aromatic N) is 2. The predicted molar refractivity (Wildman–Crippen MR) is 99.9 cm³/mol. The van der Waals surface area contributed by atoms with Gasteiger partial charge in [-0.05, 0) is 49.4 Å². The zero-order chi connectivity index (χ0) is 18.7. The summed E-state index contributed by atoms with van der Waals surface area (Å²) in [5, 5.41) is 9.93. The van der Waals surface area contributed by atoms with E-state index in [4.69, 9.17) is 16.3 Å². The second-order valence-corrected chi connectivity index (χ2v) is 7.39. The van der Waals surface area contributed by atoms with Crippen LogP contribution in [0.15, 0.2) is 53.6 Å². The zero-order valence-electron chi connectivity index (χ0n) is 13.7. The molecule has 3 aromatic rings. The first-order chi connectivity index (χ1) is 12.5. The van der Waals surface area contributed by atoms with Crippen LogP contribution >= 0.6 is 11.6 Å². The first-order valence-electron chi connectivity index (χ1n) is 7.69. The molecule has 0 saturated carbocycles. The van der Waals surface area contributed by atoms with Gasteiger partial charge >= 0.3 is 0 Å². The predicted octanol–water partition coefficient (Wildman–Crippen LogP) is 3.96. The lowest BCUT2D eigenvalue weighted by Crippen LogP contribution is -2.14. The van der Waals surface area contributed by atoms with E-state index >= 15 is 0 Å². The van der Waals surface area contributed by atoms with Crippen LogP contribution in [0, 0.1) is 11.3 Å². The van der Waals surface area contributed by atoms with Gasteiger partial charge in [-0.25, -0.2) is 8.42 Å². The van der Waals surface area contributed by atoms with E-state index in [0.717, 1.165) is 0 Å². The highest BCUT2D eigenvalue weighted by Gasteiger charge is 2.21. The van der Waals surface area contributed by atoms with Crippen molar-refractivity contribution in [1.29, 1.82) is 5.26 Å². The molecule has 0 radical (unpaired) electrons. The van der Waals surface area contributed by atoms with E-state index in [9.17, 15) is 13.7 Å². The number of aromatic nitrogens is 1. The van der Waals surface area contributed by atoms with E-state index in [-0.39, 0.29) is 16.1 Å². The van der Waals surface area contributed by atoms with Gasteiger partial charge in [-0.1, -0.05) is 11.6 Å². The molecule has 0 amide bonds. The molecule has 0 bridgehead atoms. The molecule has 0 aliphatic rings. The quantitative estimate of drug-likeness (QED) is 0.715. The minimum atomic E-state index is -3.98. The van der Waals surface area contributed by atoms with Crippen LogP contribution in [0.2, 0.25) is 5.02 Å². The standard InChI is InChI=1S/C18H14ClN3O3S/c1-2-25-16-7-8-17(14-4-3-9-21-18(14)16)26(23,24)22-15-10-13(19)6-5-12(15)11-20/h3-10,22H,2H2,1H3. The van der Waals surface area contributed by atoms with Gasteiger partial charge in [-0.2, -0.15) is 5.26 Å². The Morgan fingerprint density at radius 1 is 1.27 bits per heavy atom. The maximum Gasteiger partial charge on any atom is 0.262 e. The number of nitrogens with one attached hydrogen (secondary N) is 1. The van der Waals surface area contributed by atoms with Crippen LogP contribution in [0.25, 0.3) is 10.9 Å². The van der Waals surface area contributed by atoms with Crippen LogP contribution in [0.1, 0.15) is 12.5 Å². The molecular formula is C18H14ClN3O3S. The number of ether oxygens (including phenoxy) is 1. The molecule has 3 rings (SSSR count). The molecule has 6 nitrogen and oxygen atoms in total. The Morgan fingerprint density at radius 2 is 2.08 bits per heavy atom. The molecule has 0 saturated heterocycles. The number of pyridine rings is 1. The SMILES string of the molecule is CCOc1ccc(S(=O)(=O)Nc2cc(Cl)ccc2C#N)c2cccnc12. The van der Waals surface area contributed by atoms with E-state index in [1.807, 2.05) is 13.0 Å². The van der Waals surface area contributed by atoms with Crippen molar-refractivity contribution in [2.24, 2.45) is 0 Å². The van der Waals surface area contributed by atoms with Gasteiger partial charge < -0.3 is 4.74 Å². The van der Waals surface area contributed by atoms with E-state index < -0.39 is 10.0 Å². The minimum absolute atomic E-state index is 0.0351. The topological polar surface area (TPSA) is 92.1 Å². The Balaban J connectivity index is 2.13. The lowest BCUT2D eigenvalue weighted by atomic mass is 10.2. The van der Waals surface area contributed by atoms with Crippen molar-refractivity contribution in [2.75, 3.05) is 11.3 Å². The molecule has 8 heteroatoms. The number of halogens is 1. The zero-order valence-corrected chi connectivity index (χ0v) is 15.3. The van der Waals surface area contributed by atoms with E-state index in [2.05, 4.69) is 9.71 Å². The number of benzene rings is 2. The lowest BCUT2D eigenvalue weighted by molar-refractivity contribution is 0.343. The van der Waals surface area contributed by atoms with Crippen LogP contribution in [-0.2, 0) is 10.0 Å². The summed E-state index contributed by atoms with van der Waals surface area (Å²) in [5.74, 6) is 0.502. The van der Waals surface area contributed by atoms with Gasteiger partial charge in [0, 0.05) is 16.6 Å². The van der Waals surface area contributed by atoms with Gasteiger partial charge in [0.05, 0.1) is 22.8 Å². The highest BCUT2D eigenvalue weighted by molar-refractivity contribution is 7.93. The molecule has 0 fully saturated rings. The molecular weight excluding hydrogens is 374 g/mol. The maximum atomic E-state index is 12.9. The van der Waals surface area contributed by atoms with Crippen molar-refractivity contribution in [2.45, 2.75) is 11.8 Å². The summed E-state index contributed by atoms with van der Waals surface area (Å²) in [5.41, 5.74) is 0.737. The van der Waals surface area contributed by atoms with Gasteiger partial charge in [0.25, 0.3) is 10.0 Å². The average Bonchev–Trinajstić information content (AvgIpc) is 2.62. The molecule has 132 valence electrons. The highest BCUT2D eigenvalue weighted by atomic mass is 35.5. The highest BCUT2D eigenvalue weighted by Crippen LogP contribution is 2.31. The van der Waals surface area contributed by atoms with Gasteiger partial charge in [0.2, 0.25) is 0 Å². The molecule has 0 unspecified atom stereocenters. The molecule has 0 spiro atoms. The van der Waals surface area contributed by atoms with Crippen molar-refractivity contribution in [3.8, 4) is 11.8 Å². The Morgan fingerprint density at radius 3 is 2.81 bits per heavy atom. The lowest BCUT2D eigenvalue weighted by Gasteiger charge is -2.13.